The SMILES string of the molecule is CCC[CH2][Sn]([CH2]CCC)([CH2]CCC)[c]1cnc2ccc(C(F)F)nn12. The standard InChI is InChI=1S/C7H4F2N3.3C4H9.Sn/c8-7(9)5-1-2-6-10-3-4-12(6)11-5;3*1-3-4-2;/h1-3,7H;3*1,3-4H2,2H3;. The van der Waals surface area contributed by atoms with Crippen molar-refractivity contribution in [2.75, 3.05) is 0 Å². The molecule has 2 heterocycles. The molecular weight excluding hydrogens is 427 g/mol. The molecule has 2 aromatic rings. The van der Waals surface area contributed by atoms with Gasteiger partial charge >= 0.3 is 154 Å². The van der Waals surface area contributed by atoms with Crippen molar-refractivity contribution in [1.29, 1.82) is 0 Å². The van der Waals surface area contributed by atoms with Gasteiger partial charge in [-0.05, 0) is 0 Å². The Balaban J connectivity index is 2.53. The van der Waals surface area contributed by atoms with Crippen LogP contribution < -0.4 is 3.71 Å². The summed E-state index contributed by atoms with van der Waals surface area (Å²) in [5.74, 6) is 0. The van der Waals surface area contributed by atoms with E-state index in [-0.39, 0.29) is 5.69 Å². The van der Waals surface area contributed by atoms with Crippen molar-refractivity contribution in [3.8, 4) is 0 Å². The summed E-state index contributed by atoms with van der Waals surface area (Å²) in [6.07, 6.45) is 6.67. The Labute approximate surface area is 154 Å². The number of aromatic nitrogens is 3. The molecule has 3 nitrogen and oxygen atoms in total. The molecule has 0 spiro atoms. The zero-order valence-electron chi connectivity index (χ0n) is 15.8. The molecule has 0 radical (unpaired) electrons. The molecule has 6 heteroatoms. The average Bonchev–Trinajstić information content (AvgIpc) is 3.05. The number of fused-ring (bicyclic) bond motifs is 1. The third-order valence-electron chi connectivity index (χ3n) is 5.18. The van der Waals surface area contributed by atoms with Crippen LogP contribution in [0.25, 0.3) is 5.65 Å². The molecule has 0 fully saturated rings. The molecule has 140 valence electrons. The second kappa shape index (κ2) is 9.83. The number of hydrogen-bond donors (Lipinski definition) is 0. The van der Waals surface area contributed by atoms with E-state index in [9.17, 15) is 8.78 Å². The molecule has 2 aromatic heterocycles. The summed E-state index contributed by atoms with van der Waals surface area (Å²) >= 11 is -2.73. The molecule has 0 saturated carbocycles. The monoisotopic (exact) mass is 459 g/mol. The maximum atomic E-state index is 13.2. The first kappa shape index (κ1) is 20.6. The maximum absolute atomic E-state index is 13.2. The van der Waals surface area contributed by atoms with E-state index in [0.717, 1.165) is 0 Å². The number of alkyl halides is 2. The first-order valence-electron chi connectivity index (χ1n) is 9.71. The first-order valence-corrected chi connectivity index (χ1v) is 17.2. The van der Waals surface area contributed by atoms with Gasteiger partial charge in [0.25, 0.3) is 0 Å². The molecule has 2 rings (SSSR count). The van der Waals surface area contributed by atoms with Gasteiger partial charge < -0.3 is 0 Å². The van der Waals surface area contributed by atoms with E-state index in [0.29, 0.717) is 5.65 Å². The Morgan fingerprint density at radius 1 is 0.960 bits per heavy atom. The van der Waals surface area contributed by atoms with Gasteiger partial charge in [0.1, 0.15) is 0 Å². The minimum atomic E-state index is -2.73. The second-order valence-corrected chi connectivity index (χ2v) is 20.1. The summed E-state index contributed by atoms with van der Waals surface area (Å²) in [6, 6.07) is 3.09. The summed E-state index contributed by atoms with van der Waals surface area (Å²) in [5.41, 5.74) is 0.568. The predicted octanol–water partition coefficient (Wildman–Crippen LogP) is 5.72. The molecule has 0 aromatic carbocycles. The molecule has 0 N–H and O–H groups in total. The summed E-state index contributed by atoms with van der Waals surface area (Å²) in [7, 11) is 0. The average molecular weight is 458 g/mol. The fourth-order valence-corrected chi connectivity index (χ4v) is 19.5. The molecule has 0 atom stereocenters. The number of nitrogens with zero attached hydrogens (tertiary/aromatic N) is 3. The van der Waals surface area contributed by atoms with Crippen LogP contribution in [-0.2, 0) is 0 Å². The van der Waals surface area contributed by atoms with Crippen molar-refractivity contribution < 1.29 is 8.78 Å². The molecule has 0 bridgehead atoms. The van der Waals surface area contributed by atoms with Gasteiger partial charge in [-0.1, -0.05) is 0 Å². The number of hydrogen-bond acceptors (Lipinski definition) is 2. The Morgan fingerprint density at radius 3 is 2.00 bits per heavy atom. The summed E-state index contributed by atoms with van der Waals surface area (Å²) in [6.45, 7) is 6.70. The van der Waals surface area contributed by atoms with Crippen LogP contribution in [-0.4, -0.2) is 33.0 Å². The van der Waals surface area contributed by atoms with Crippen LogP contribution >= 0.6 is 0 Å². The molecule has 25 heavy (non-hydrogen) atoms. The fraction of sp³-hybridized carbons (Fsp3) is 0.684. The van der Waals surface area contributed by atoms with Crippen molar-refractivity contribution in [1.82, 2.24) is 14.6 Å². The Bertz CT molecular complexity index is 635. The molecular formula is C19H31F2N3Sn. The first-order chi connectivity index (χ1) is 12.1. The van der Waals surface area contributed by atoms with Gasteiger partial charge in [0.2, 0.25) is 0 Å². The third-order valence-corrected chi connectivity index (χ3v) is 20.5. The van der Waals surface area contributed by atoms with E-state index in [4.69, 9.17) is 0 Å². The summed E-state index contributed by atoms with van der Waals surface area (Å²) in [5, 5.41) is 4.28. The van der Waals surface area contributed by atoms with E-state index in [1.807, 2.05) is 6.20 Å². The van der Waals surface area contributed by atoms with Crippen LogP contribution in [0.5, 0.6) is 0 Å². The van der Waals surface area contributed by atoms with Crippen molar-refractivity contribution >= 4 is 27.7 Å². The molecule has 0 aliphatic rings. The Hall–Kier alpha value is -0.721. The van der Waals surface area contributed by atoms with E-state index in [1.165, 1.54) is 61.6 Å². The van der Waals surface area contributed by atoms with Crippen LogP contribution in [0.2, 0.25) is 13.3 Å². The van der Waals surface area contributed by atoms with Gasteiger partial charge in [-0.2, -0.15) is 0 Å². The zero-order chi connectivity index (χ0) is 18.3. The van der Waals surface area contributed by atoms with Crippen LogP contribution in [0.15, 0.2) is 18.3 Å². The zero-order valence-corrected chi connectivity index (χ0v) is 18.6. The molecule has 0 unspecified atom stereocenters. The van der Waals surface area contributed by atoms with E-state index < -0.39 is 24.8 Å². The van der Waals surface area contributed by atoms with Crippen LogP contribution in [0.4, 0.5) is 8.78 Å². The quantitative estimate of drug-likeness (QED) is 0.403. The Morgan fingerprint density at radius 2 is 1.52 bits per heavy atom. The number of unbranched alkanes of at least 4 members (excludes halogenated alkanes) is 3. The second-order valence-electron chi connectivity index (χ2n) is 7.06. The van der Waals surface area contributed by atoms with Crippen LogP contribution in [0.1, 0.15) is 71.4 Å². The third kappa shape index (κ3) is 4.92. The van der Waals surface area contributed by atoms with Crippen LogP contribution in [0, 0.1) is 0 Å². The van der Waals surface area contributed by atoms with Gasteiger partial charge in [-0.25, -0.2) is 0 Å². The summed E-state index contributed by atoms with van der Waals surface area (Å²) in [4.78, 5) is 4.52. The van der Waals surface area contributed by atoms with E-state index in [2.05, 4.69) is 30.9 Å². The minimum absolute atomic E-state index is 0.145. The molecule has 0 saturated heterocycles. The molecule has 0 aliphatic heterocycles. The number of imidazole rings is 1. The number of rotatable bonds is 11. The van der Waals surface area contributed by atoms with Crippen molar-refractivity contribution in [2.45, 2.75) is 79.0 Å². The topological polar surface area (TPSA) is 30.2 Å². The number of halogens is 2. The van der Waals surface area contributed by atoms with E-state index in [1.54, 1.807) is 10.6 Å². The molecule has 0 amide bonds. The fourth-order valence-electron chi connectivity index (χ4n) is 3.67. The Kier molecular flexibility index (Phi) is 8.10. The molecule has 0 aliphatic carbocycles. The van der Waals surface area contributed by atoms with Gasteiger partial charge in [-0.3, -0.25) is 0 Å². The summed E-state index contributed by atoms with van der Waals surface area (Å²) < 4.78 is 33.1. The van der Waals surface area contributed by atoms with Crippen molar-refractivity contribution in [3.63, 3.8) is 0 Å². The van der Waals surface area contributed by atoms with E-state index >= 15 is 0 Å². The van der Waals surface area contributed by atoms with Crippen LogP contribution in [0.3, 0.4) is 0 Å². The van der Waals surface area contributed by atoms with Gasteiger partial charge in [0.15, 0.2) is 0 Å². The predicted molar refractivity (Wildman–Crippen MR) is 102 cm³/mol. The van der Waals surface area contributed by atoms with Crippen molar-refractivity contribution in [2.24, 2.45) is 0 Å². The van der Waals surface area contributed by atoms with Gasteiger partial charge in [0, 0.05) is 0 Å². The van der Waals surface area contributed by atoms with Crippen molar-refractivity contribution in [3.05, 3.63) is 24.0 Å². The van der Waals surface area contributed by atoms with Gasteiger partial charge in [-0.15, -0.1) is 0 Å². The normalized spacial score (nSPS) is 12.4. The van der Waals surface area contributed by atoms with Gasteiger partial charge in [0.05, 0.1) is 0 Å².